The van der Waals surface area contributed by atoms with E-state index in [0.717, 1.165) is 37.2 Å². The summed E-state index contributed by atoms with van der Waals surface area (Å²) in [5, 5.41) is 5.37. The fourth-order valence-electron chi connectivity index (χ4n) is 2.71. The molecular weight excluding hydrogens is 306 g/mol. The van der Waals surface area contributed by atoms with Crippen LogP contribution < -0.4 is 10.6 Å². The number of nitrogens with zero attached hydrogens (tertiary/aromatic N) is 1. The smallest absolute Gasteiger partial charge is 0.226 e. The van der Waals surface area contributed by atoms with E-state index in [0.29, 0.717) is 19.4 Å². The van der Waals surface area contributed by atoms with Crippen LogP contribution in [0, 0.1) is 0 Å². The van der Waals surface area contributed by atoms with Crippen LogP contribution >= 0.6 is 0 Å². The van der Waals surface area contributed by atoms with Crippen LogP contribution in [-0.2, 0) is 20.8 Å². The van der Waals surface area contributed by atoms with Crippen LogP contribution in [0.1, 0.15) is 38.2 Å². The average Bonchev–Trinajstić information content (AvgIpc) is 3.08. The molecule has 1 aromatic rings. The highest BCUT2D eigenvalue weighted by atomic mass is 16.2. The van der Waals surface area contributed by atoms with E-state index in [-0.39, 0.29) is 24.1 Å². The lowest BCUT2D eigenvalue weighted by Crippen LogP contribution is -2.27. The van der Waals surface area contributed by atoms with E-state index in [2.05, 4.69) is 10.6 Å². The molecule has 3 amide bonds. The zero-order chi connectivity index (χ0) is 17.4. The summed E-state index contributed by atoms with van der Waals surface area (Å²) in [6, 6.07) is 7.54. The van der Waals surface area contributed by atoms with Gasteiger partial charge in [-0.25, -0.2) is 0 Å². The summed E-state index contributed by atoms with van der Waals surface area (Å²) in [4.78, 5) is 36.4. The van der Waals surface area contributed by atoms with Crippen molar-refractivity contribution in [2.24, 2.45) is 0 Å². The van der Waals surface area contributed by atoms with Crippen molar-refractivity contribution >= 4 is 23.4 Å². The molecule has 1 fully saturated rings. The summed E-state index contributed by atoms with van der Waals surface area (Å²) < 4.78 is 0. The van der Waals surface area contributed by atoms with Gasteiger partial charge >= 0.3 is 0 Å². The molecule has 1 aromatic carbocycles. The van der Waals surface area contributed by atoms with E-state index in [1.54, 1.807) is 0 Å². The predicted molar refractivity (Wildman–Crippen MR) is 92.5 cm³/mol. The molecule has 6 heteroatoms. The van der Waals surface area contributed by atoms with Gasteiger partial charge in [0.2, 0.25) is 17.7 Å². The molecule has 1 aliphatic heterocycles. The van der Waals surface area contributed by atoms with Crippen LogP contribution in [0.2, 0.25) is 0 Å². The second-order valence-corrected chi connectivity index (χ2v) is 6.07. The SMILES string of the molecule is CC(=O)NCCC(=O)Nc1ccc(CCC(=O)N2CCCC2)cc1. The van der Waals surface area contributed by atoms with Crippen LogP contribution in [0.15, 0.2) is 24.3 Å². The summed E-state index contributed by atoms with van der Waals surface area (Å²) >= 11 is 0. The van der Waals surface area contributed by atoms with E-state index in [9.17, 15) is 14.4 Å². The van der Waals surface area contributed by atoms with Crippen molar-refractivity contribution in [3.05, 3.63) is 29.8 Å². The third-order valence-corrected chi connectivity index (χ3v) is 4.05. The molecule has 0 bridgehead atoms. The Bertz CT molecular complexity index is 578. The molecule has 0 aliphatic carbocycles. The fraction of sp³-hybridized carbons (Fsp3) is 0.500. The van der Waals surface area contributed by atoms with E-state index in [1.807, 2.05) is 29.2 Å². The van der Waals surface area contributed by atoms with Gasteiger partial charge in [0.05, 0.1) is 0 Å². The first-order valence-corrected chi connectivity index (χ1v) is 8.45. The van der Waals surface area contributed by atoms with Crippen LogP contribution in [0.25, 0.3) is 0 Å². The molecule has 24 heavy (non-hydrogen) atoms. The van der Waals surface area contributed by atoms with Crippen molar-refractivity contribution in [1.82, 2.24) is 10.2 Å². The number of nitrogens with one attached hydrogen (secondary N) is 2. The largest absolute Gasteiger partial charge is 0.356 e. The van der Waals surface area contributed by atoms with Crippen molar-refractivity contribution in [1.29, 1.82) is 0 Å². The van der Waals surface area contributed by atoms with E-state index in [4.69, 9.17) is 0 Å². The lowest BCUT2D eigenvalue weighted by molar-refractivity contribution is -0.130. The maximum Gasteiger partial charge on any atom is 0.226 e. The standard InChI is InChI=1S/C18H25N3O3/c1-14(22)19-11-10-17(23)20-16-7-4-15(5-8-16)6-9-18(24)21-12-2-3-13-21/h4-5,7-8H,2-3,6,9-13H2,1H3,(H,19,22)(H,20,23). The number of carbonyl (C=O) groups is 3. The zero-order valence-electron chi connectivity index (χ0n) is 14.1. The fourth-order valence-corrected chi connectivity index (χ4v) is 2.71. The second-order valence-electron chi connectivity index (χ2n) is 6.07. The predicted octanol–water partition coefficient (Wildman–Crippen LogP) is 1.71. The second kappa shape index (κ2) is 9.05. The van der Waals surface area contributed by atoms with Gasteiger partial charge < -0.3 is 15.5 Å². The van der Waals surface area contributed by atoms with Gasteiger partial charge in [0.25, 0.3) is 0 Å². The molecule has 0 aromatic heterocycles. The first kappa shape index (κ1) is 18.0. The highest BCUT2D eigenvalue weighted by Crippen LogP contribution is 2.14. The minimum absolute atomic E-state index is 0.138. The lowest BCUT2D eigenvalue weighted by Gasteiger charge is -2.15. The van der Waals surface area contributed by atoms with Gasteiger partial charge in [-0.1, -0.05) is 12.1 Å². The molecule has 0 spiro atoms. The summed E-state index contributed by atoms with van der Waals surface area (Å²) in [6.45, 7) is 3.54. The van der Waals surface area contributed by atoms with Crippen molar-refractivity contribution in [3.63, 3.8) is 0 Å². The number of amides is 3. The van der Waals surface area contributed by atoms with E-state index >= 15 is 0 Å². The Morgan fingerprint density at radius 2 is 1.71 bits per heavy atom. The molecular formula is C18H25N3O3. The van der Waals surface area contributed by atoms with Gasteiger partial charge in [-0.3, -0.25) is 14.4 Å². The Balaban J connectivity index is 1.72. The van der Waals surface area contributed by atoms with Crippen molar-refractivity contribution in [2.45, 2.75) is 39.0 Å². The topological polar surface area (TPSA) is 78.5 Å². The van der Waals surface area contributed by atoms with Crippen molar-refractivity contribution in [3.8, 4) is 0 Å². The summed E-state index contributed by atoms with van der Waals surface area (Å²) in [5.41, 5.74) is 1.80. The maximum absolute atomic E-state index is 12.0. The van der Waals surface area contributed by atoms with Crippen LogP contribution in [0.3, 0.4) is 0 Å². The third kappa shape index (κ3) is 6.02. The first-order chi connectivity index (χ1) is 11.5. The van der Waals surface area contributed by atoms with Gasteiger partial charge in [-0.15, -0.1) is 0 Å². The summed E-state index contributed by atoms with van der Waals surface area (Å²) in [5.74, 6) is -0.0563. The molecule has 1 aliphatic rings. The Labute approximate surface area is 142 Å². The minimum Gasteiger partial charge on any atom is -0.356 e. The number of likely N-dealkylation sites (tertiary alicyclic amines) is 1. The number of hydrogen-bond acceptors (Lipinski definition) is 3. The van der Waals surface area contributed by atoms with Crippen molar-refractivity contribution < 1.29 is 14.4 Å². The Hall–Kier alpha value is -2.37. The van der Waals surface area contributed by atoms with Crippen LogP contribution in [0.5, 0.6) is 0 Å². The number of aryl methyl sites for hydroxylation is 1. The third-order valence-electron chi connectivity index (χ3n) is 4.05. The van der Waals surface area contributed by atoms with Crippen LogP contribution in [-0.4, -0.2) is 42.3 Å². The van der Waals surface area contributed by atoms with Gasteiger partial charge in [-0.2, -0.15) is 0 Å². The Kier molecular flexibility index (Phi) is 6.78. The molecule has 0 saturated carbocycles. The summed E-state index contributed by atoms with van der Waals surface area (Å²) in [6.07, 6.45) is 3.71. The molecule has 2 rings (SSSR count). The van der Waals surface area contributed by atoms with E-state index in [1.165, 1.54) is 6.92 Å². The number of anilines is 1. The quantitative estimate of drug-likeness (QED) is 0.798. The lowest BCUT2D eigenvalue weighted by atomic mass is 10.1. The minimum atomic E-state index is -0.143. The first-order valence-electron chi connectivity index (χ1n) is 8.45. The van der Waals surface area contributed by atoms with Crippen molar-refractivity contribution in [2.75, 3.05) is 25.0 Å². The Morgan fingerprint density at radius 3 is 2.33 bits per heavy atom. The highest BCUT2D eigenvalue weighted by molar-refractivity contribution is 5.91. The average molecular weight is 331 g/mol. The monoisotopic (exact) mass is 331 g/mol. The normalized spacial score (nSPS) is 13.6. The molecule has 0 atom stereocenters. The maximum atomic E-state index is 12.0. The number of rotatable bonds is 7. The van der Waals surface area contributed by atoms with Gasteiger partial charge in [0, 0.05) is 45.1 Å². The zero-order valence-corrected chi connectivity index (χ0v) is 14.1. The molecule has 0 radical (unpaired) electrons. The highest BCUT2D eigenvalue weighted by Gasteiger charge is 2.17. The summed E-state index contributed by atoms with van der Waals surface area (Å²) in [7, 11) is 0. The molecule has 6 nitrogen and oxygen atoms in total. The van der Waals surface area contributed by atoms with E-state index < -0.39 is 0 Å². The van der Waals surface area contributed by atoms with Gasteiger partial charge in [-0.05, 0) is 37.0 Å². The molecule has 0 unspecified atom stereocenters. The molecule has 1 heterocycles. The molecule has 2 N–H and O–H groups in total. The molecule has 1 saturated heterocycles. The van der Waals surface area contributed by atoms with Crippen LogP contribution in [0.4, 0.5) is 5.69 Å². The van der Waals surface area contributed by atoms with Gasteiger partial charge in [0.1, 0.15) is 0 Å². The molecule has 130 valence electrons. The number of hydrogen-bond donors (Lipinski definition) is 2. The number of benzene rings is 1. The Morgan fingerprint density at radius 1 is 1.04 bits per heavy atom. The van der Waals surface area contributed by atoms with Gasteiger partial charge in [0.15, 0.2) is 0 Å². The number of carbonyl (C=O) groups excluding carboxylic acids is 3.